The summed E-state index contributed by atoms with van der Waals surface area (Å²) in [5, 5.41) is 12.2. The Balaban J connectivity index is 1.52. The molecule has 190 valence electrons. The first-order valence-electron chi connectivity index (χ1n) is 11.9. The molecule has 0 unspecified atom stereocenters. The lowest BCUT2D eigenvalue weighted by atomic mass is 9.69. The first kappa shape index (κ1) is 24.7. The Bertz CT molecular complexity index is 1500. The van der Waals surface area contributed by atoms with Gasteiger partial charge in [-0.1, -0.05) is 13.3 Å². The smallest absolute Gasteiger partial charge is 0.257 e. The molecule has 1 saturated carbocycles. The van der Waals surface area contributed by atoms with Crippen molar-refractivity contribution in [2.75, 3.05) is 5.32 Å². The second kappa shape index (κ2) is 9.48. The Hall–Kier alpha value is -3.98. The van der Waals surface area contributed by atoms with Gasteiger partial charge >= 0.3 is 0 Å². The molecular weight excluding hydrogens is 481 g/mol. The van der Waals surface area contributed by atoms with Crippen LogP contribution in [-0.4, -0.2) is 27.0 Å². The number of hydrogen-bond donors (Lipinski definition) is 3. The summed E-state index contributed by atoms with van der Waals surface area (Å²) >= 11 is 0. The van der Waals surface area contributed by atoms with Crippen LogP contribution in [0.1, 0.15) is 48.5 Å². The van der Waals surface area contributed by atoms with Gasteiger partial charge in [-0.3, -0.25) is 14.8 Å². The fourth-order valence-corrected chi connectivity index (χ4v) is 5.33. The molecule has 5 rings (SSSR count). The van der Waals surface area contributed by atoms with Crippen molar-refractivity contribution in [2.45, 2.75) is 44.1 Å². The van der Waals surface area contributed by atoms with Crippen molar-refractivity contribution in [1.82, 2.24) is 9.97 Å². The minimum atomic E-state index is -1.02. The number of benzene rings is 2. The Morgan fingerprint density at radius 2 is 1.86 bits per heavy atom. The van der Waals surface area contributed by atoms with E-state index in [0.717, 1.165) is 55.6 Å². The van der Waals surface area contributed by atoms with Gasteiger partial charge in [0.05, 0.1) is 28.5 Å². The number of fused-ring (bicyclic) bond motifs is 1. The predicted octanol–water partition coefficient (Wildman–Crippen LogP) is 5.83. The summed E-state index contributed by atoms with van der Waals surface area (Å²) in [6, 6.07) is 7.11. The topological polar surface area (TPSA) is 101 Å². The SMILES string of the molecule is C[C@@]1(c2ccncc2NC(=O)c2ccc(F)c3cc(-c4c(F)cc(O)cc4F)cnc23)CCC[C@H](N)C1. The Morgan fingerprint density at radius 1 is 1.11 bits per heavy atom. The number of rotatable bonds is 4. The van der Waals surface area contributed by atoms with Crippen molar-refractivity contribution in [2.24, 2.45) is 5.73 Å². The van der Waals surface area contributed by atoms with E-state index in [0.29, 0.717) is 5.69 Å². The van der Waals surface area contributed by atoms with Gasteiger partial charge in [0.15, 0.2) is 0 Å². The van der Waals surface area contributed by atoms with E-state index in [1.807, 2.05) is 6.07 Å². The third-order valence-corrected chi connectivity index (χ3v) is 7.09. The number of pyridine rings is 2. The van der Waals surface area contributed by atoms with Crippen molar-refractivity contribution in [3.05, 3.63) is 83.6 Å². The molecule has 6 nitrogen and oxygen atoms in total. The summed E-state index contributed by atoms with van der Waals surface area (Å²) < 4.78 is 43.6. The van der Waals surface area contributed by atoms with Crippen LogP contribution in [0.5, 0.6) is 5.75 Å². The molecule has 0 bridgehead atoms. The van der Waals surface area contributed by atoms with E-state index >= 15 is 0 Å². The number of nitrogens with zero attached hydrogens (tertiary/aromatic N) is 2. The zero-order valence-corrected chi connectivity index (χ0v) is 20.1. The number of amides is 1. The van der Waals surface area contributed by atoms with Crippen LogP contribution < -0.4 is 11.1 Å². The molecule has 1 fully saturated rings. The second-order valence-electron chi connectivity index (χ2n) is 9.79. The molecule has 37 heavy (non-hydrogen) atoms. The highest BCUT2D eigenvalue weighted by atomic mass is 19.1. The van der Waals surface area contributed by atoms with Gasteiger partial charge in [0.1, 0.15) is 23.2 Å². The quantitative estimate of drug-likeness (QED) is 0.323. The number of phenolic OH excluding ortho intramolecular Hbond substituents is 1. The lowest BCUT2D eigenvalue weighted by Gasteiger charge is -2.38. The highest BCUT2D eigenvalue weighted by molar-refractivity contribution is 6.12. The zero-order chi connectivity index (χ0) is 26.3. The number of aromatic hydroxyl groups is 1. The molecule has 0 saturated heterocycles. The lowest BCUT2D eigenvalue weighted by Crippen LogP contribution is -2.37. The number of nitrogens with one attached hydrogen (secondary N) is 1. The molecule has 4 aromatic rings. The number of anilines is 1. The van der Waals surface area contributed by atoms with Gasteiger partial charge in [0, 0.05) is 41.5 Å². The summed E-state index contributed by atoms with van der Waals surface area (Å²) in [6.07, 6.45) is 8.04. The van der Waals surface area contributed by atoms with Crippen LogP contribution in [0, 0.1) is 17.5 Å². The monoisotopic (exact) mass is 506 g/mol. The predicted molar refractivity (Wildman–Crippen MR) is 135 cm³/mol. The van der Waals surface area contributed by atoms with Crippen LogP contribution in [0.25, 0.3) is 22.0 Å². The average Bonchev–Trinajstić information content (AvgIpc) is 2.84. The zero-order valence-electron chi connectivity index (χ0n) is 20.1. The molecule has 0 aliphatic heterocycles. The van der Waals surface area contributed by atoms with Crippen molar-refractivity contribution in [3.63, 3.8) is 0 Å². The van der Waals surface area contributed by atoms with Gasteiger partial charge in [-0.05, 0) is 54.5 Å². The minimum absolute atomic E-state index is 0.0323. The Labute approximate surface area is 211 Å². The molecule has 2 atom stereocenters. The molecule has 0 spiro atoms. The molecular formula is C28H25F3N4O2. The molecule has 1 aliphatic carbocycles. The van der Waals surface area contributed by atoms with Crippen LogP contribution in [0.2, 0.25) is 0 Å². The second-order valence-corrected chi connectivity index (χ2v) is 9.79. The summed E-state index contributed by atoms with van der Waals surface area (Å²) in [6.45, 7) is 2.12. The Morgan fingerprint density at radius 3 is 2.59 bits per heavy atom. The highest BCUT2D eigenvalue weighted by Crippen LogP contribution is 2.41. The van der Waals surface area contributed by atoms with E-state index in [1.54, 1.807) is 12.4 Å². The third-order valence-electron chi connectivity index (χ3n) is 7.09. The molecule has 2 aromatic heterocycles. The molecule has 1 aliphatic rings. The van der Waals surface area contributed by atoms with Crippen LogP contribution in [0.3, 0.4) is 0 Å². The first-order chi connectivity index (χ1) is 17.7. The first-order valence-corrected chi connectivity index (χ1v) is 11.9. The normalized spacial score (nSPS) is 19.6. The third kappa shape index (κ3) is 4.62. The standard InChI is InChI=1S/C28H25F3N4O2/c1-28(7-2-3-16(32)12-28)20-6-8-33-14-24(20)35-27(37)18-4-5-21(29)19-9-15(13-34-26(18)19)25-22(30)10-17(36)11-23(25)31/h4-6,8-11,13-14,16,36H,2-3,7,12,32H2,1H3,(H,35,37)/t16-,28+/m0/s1. The number of halogens is 3. The number of aromatic nitrogens is 2. The summed E-state index contributed by atoms with van der Waals surface area (Å²) in [5.41, 5.74) is 7.10. The molecule has 2 heterocycles. The summed E-state index contributed by atoms with van der Waals surface area (Å²) in [5.74, 6) is -3.84. The molecule has 1 amide bonds. The Kier molecular flexibility index (Phi) is 6.33. The van der Waals surface area contributed by atoms with Gasteiger partial charge in [-0.2, -0.15) is 0 Å². The fourth-order valence-electron chi connectivity index (χ4n) is 5.33. The van der Waals surface area contributed by atoms with Gasteiger partial charge < -0.3 is 16.2 Å². The van der Waals surface area contributed by atoms with Crippen molar-refractivity contribution < 1.29 is 23.1 Å². The van der Waals surface area contributed by atoms with E-state index in [4.69, 9.17) is 5.73 Å². The van der Waals surface area contributed by atoms with Gasteiger partial charge in [0.25, 0.3) is 5.91 Å². The van der Waals surface area contributed by atoms with E-state index in [2.05, 4.69) is 22.2 Å². The maximum atomic E-state index is 14.8. The van der Waals surface area contributed by atoms with E-state index in [1.165, 1.54) is 12.1 Å². The minimum Gasteiger partial charge on any atom is -0.508 e. The number of nitrogens with two attached hydrogens (primary N) is 1. The van der Waals surface area contributed by atoms with E-state index in [-0.39, 0.29) is 33.5 Å². The van der Waals surface area contributed by atoms with Crippen LogP contribution in [-0.2, 0) is 5.41 Å². The average molecular weight is 507 g/mol. The molecule has 9 heteroatoms. The van der Waals surface area contributed by atoms with E-state index in [9.17, 15) is 23.1 Å². The van der Waals surface area contributed by atoms with Crippen molar-refractivity contribution >= 4 is 22.5 Å². The number of carbonyl (C=O) groups is 1. The van der Waals surface area contributed by atoms with E-state index < -0.39 is 34.7 Å². The molecule has 2 aromatic carbocycles. The van der Waals surface area contributed by atoms with Crippen LogP contribution in [0.4, 0.5) is 18.9 Å². The number of hydrogen-bond acceptors (Lipinski definition) is 5. The van der Waals surface area contributed by atoms with Crippen LogP contribution >= 0.6 is 0 Å². The van der Waals surface area contributed by atoms with Crippen molar-refractivity contribution in [3.8, 4) is 16.9 Å². The summed E-state index contributed by atoms with van der Waals surface area (Å²) in [7, 11) is 0. The largest absolute Gasteiger partial charge is 0.508 e. The number of carbonyl (C=O) groups excluding carboxylic acids is 1. The maximum Gasteiger partial charge on any atom is 0.257 e. The number of phenols is 1. The fraction of sp³-hybridized carbons (Fsp3) is 0.250. The van der Waals surface area contributed by atoms with Gasteiger partial charge in [-0.25, -0.2) is 13.2 Å². The molecule has 4 N–H and O–H groups in total. The maximum absolute atomic E-state index is 14.8. The van der Waals surface area contributed by atoms with Crippen molar-refractivity contribution in [1.29, 1.82) is 0 Å². The lowest BCUT2D eigenvalue weighted by molar-refractivity contribution is 0.102. The van der Waals surface area contributed by atoms with Gasteiger partial charge in [-0.15, -0.1) is 0 Å². The highest BCUT2D eigenvalue weighted by Gasteiger charge is 2.34. The van der Waals surface area contributed by atoms with Gasteiger partial charge in [0.2, 0.25) is 0 Å². The molecule has 0 radical (unpaired) electrons. The van der Waals surface area contributed by atoms with Crippen LogP contribution in [0.15, 0.2) is 55.0 Å². The summed E-state index contributed by atoms with van der Waals surface area (Å²) in [4.78, 5) is 21.7.